The summed E-state index contributed by atoms with van der Waals surface area (Å²) in [6.07, 6.45) is 0. The average Bonchev–Trinajstić information content (AvgIpc) is 2.52. The van der Waals surface area contributed by atoms with E-state index >= 15 is 0 Å². The van der Waals surface area contributed by atoms with E-state index in [1.165, 1.54) is 39.5 Å². The maximum Gasteiger partial charge on any atom is 0.380 e. The second kappa shape index (κ2) is 8.09. The van der Waals surface area contributed by atoms with Gasteiger partial charge in [0.1, 0.15) is 6.54 Å². The molecule has 1 rings (SSSR count). The Morgan fingerprint density at radius 3 is 2.36 bits per heavy atom. The number of methoxy groups -OCH3 is 1. The highest BCUT2D eigenvalue weighted by Crippen LogP contribution is 2.50. The highest BCUT2D eigenvalue weighted by molar-refractivity contribution is 8.07. The van der Waals surface area contributed by atoms with Gasteiger partial charge >= 0.3 is 12.7 Å². The fourth-order valence-corrected chi connectivity index (χ4v) is 2.34. The Labute approximate surface area is 132 Å². The summed E-state index contributed by atoms with van der Waals surface area (Å²) in [4.78, 5) is 22.3. The SMILES string of the molecule is COc1ccc(C(=O)NCC(=O)O)cc1OP(=S)(OC)OC. The number of nitrogens with one attached hydrogen (secondary N) is 1. The molecule has 0 heterocycles. The number of hydrogen-bond acceptors (Lipinski definition) is 7. The Kier molecular flexibility index (Phi) is 6.76. The topological polar surface area (TPSA) is 103 Å². The zero-order valence-corrected chi connectivity index (χ0v) is 13.9. The molecule has 0 saturated carbocycles. The van der Waals surface area contributed by atoms with Crippen molar-refractivity contribution in [3.63, 3.8) is 0 Å². The fraction of sp³-hybridized carbons (Fsp3) is 0.333. The van der Waals surface area contributed by atoms with E-state index in [-0.39, 0.29) is 11.3 Å². The van der Waals surface area contributed by atoms with Crippen LogP contribution in [0.15, 0.2) is 18.2 Å². The first kappa shape index (κ1) is 18.4. The highest BCUT2D eigenvalue weighted by Gasteiger charge is 2.22. The Balaban J connectivity index is 3.05. The molecule has 0 aliphatic rings. The van der Waals surface area contributed by atoms with Crippen molar-refractivity contribution in [2.24, 2.45) is 0 Å². The van der Waals surface area contributed by atoms with E-state index in [2.05, 4.69) is 5.32 Å². The van der Waals surface area contributed by atoms with Crippen LogP contribution >= 0.6 is 6.72 Å². The minimum absolute atomic E-state index is 0.164. The predicted molar refractivity (Wildman–Crippen MR) is 81.9 cm³/mol. The summed E-state index contributed by atoms with van der Waals surface area (Å²) in [6.45, 7) is -3.49. The van der Waals surface area contributed by atoms with Crippen LogP contribution in [0.25, 0.3) is 0 Å². The first-order chi connectivity index (χ1) is 10.3. The summed E-state index contributed by atoms with van der Waals surface area (Å²) in [5.41, 5.74) is 0.186. The Hall–Kier alpha value is -1.67. The van der Waals surface area contributed by atoms with Gasteiger partial charge in [-0.05, 0) is 18.2 Å². The second-order valence-electron chi connectivity index (χ2n) is 3.85. The zero-order valence-electron chi connectivity index (χ0n) is 12.2. The molecule has 1 aromatic rings. The molecule has 1 aromatic carbocycles. The molecule has 8 nitrogen and oxygen atoms in total. The number of ether oxygens (including phenoxy) is 1. The third-order valence-electron chi connectivity index (χ3n) is 2.48. The van der Waals surface area contributed by atoms with Gasteiger partial charge in [-0.25, -0.2) is 0 Å². The monoisotopic (exact) mass is 349 g/mol. The van der Waals surface area contributed by atoms with E-state index in [9.17, 15) is 9.59 Å². The van der Waals surface area contributed by atoms with Crippen LogP contribution in [0.3, 0.4) is 0 Å². The number of aliphatic carboxylic acids is 1. The van der Waals surface area contributed by atoms with Gasteiger partial charge in [0.15, 0.2) is 11.5 Å². The lowest BCUT2D eigenvalue weighted by atomic mass is 10.2. The second-order valence-corrected chi connectivity index (χ2v) is 6.99. The number of carbonyl (C=O) groups is 2. The van der Waals surface area contributed by atoms with Gasteiger partial charge in [0.25, 0.3) is 5.91 Å². The van der Waals surface area contributed by atoms with Crippen molar-refractivity contribution in [3.8, 4) is 11.5 Å². The number of benzene rings is 1. The summed E-state index contributed by atoms with van der Waals surface area (Å²) < 4.78 is 20.7. The van der Waals surface area contributed by atoms with Crippen LogP contribution in [0.2, 0.25) is 0 Å². The minimum atomic E-state index is -3.00. The van der Waals surface area contributed by atoms with Crippen LogP contribution in [0.4, 0.5) is 0 Å². The quantitative estimate of drug-likeness (QED) is 0.679. The van der Waals surface area contributed by atoms with Crippen molar-refractivity contribution in [1.82, 2.24) is 5.32 Å². The molecule has 122 valence electrons. The van der Waals surface area contributed by atoms with Gasteiger partial charge in [-0.15, -0.1) is 0 Å². The molecular formula is C12H16NO7PS. The first-order valence-corrected chi connectivity index (χ1v) is 8.50. The van der Waals surface area contributed by atoms with Crippen LogP contribution in [0.5, 0.6) is 11.5 Å². The van der Waals surface area contributed by atoms with Gasteiger partial charge in [-0.1, -0.05) is 0 Å². The molecule has 0 radical (unpaired) electrons. The van der Waals surface area contributed by atoms with E-state index in [0.717, 1.165) is 0 Å². The van der Waals surface area contributed by atoms with E-state index < -0.39 is 25.1 Å². The summed E-state index contributed by atoms with van der Waals surface area (Å²) in [7, 11) is 4.12. The Morgan fingerprint density at radius 2 is 1.86 bits per heavy atom. The predicted octanol–water partition coefficient (Wildman–Crippen LogP) is 1.41. The molecule has 0 bridgehead atoms. The summed E-state index contributed by atoms with van der Waals surface area (Å²) in [5, 5.41) is 10.8. The van der Waals surface area contributed by atoms with Gasteiger partial charge in [-0.2, -0.15) is 0 Å². The molecule has 0 unspecified atom stereocenters. The molecule has 10 heteroatoms. The molecule has 0 fully saturated rings. The average molecular weight is 349 g/mol. The van der Waals surface area contributed by atoms with Crippen molar-refractivity contribution < 1.29 is 33.0 Å². The van der Waals surface area contributed by atoms with Crippen molar-refractivity contribution in [1.29, 1.82) is 0 Å². The normalized spacial score (nSPS) is 10.9. The minimum Gasteiger partial charge on any atom is -0.493 e. The van der Waals surface area contributed by atoms with Gasteiger partial charge in [0.2, 0.25) is 0 Å². The van der Waals surface area contributed by atoms with Crippen molar-refractivity contribution in [3.05, 3.63) is 23.8 Å². The van der Waals surface area contributed by atoms with E-state index in [1.54, 1.807) is 0 Å². The summed E-state index contributed by atoms with van der Waals surface area (Å²) in [6, 6.07) is 4.33. The standard InChI is InChI=1S/C12H16NO7PS/c1-17-9-5-4-8(12(16)13-7-11(14)15)6-10(9)20-21(22,18-2)19-3/h4-6H,7H2,1-3H3,(H,13,16)(H,14,15). The van der Waals surface area contributed by atoms with Crippen LogP contribution in [-0.2, 0) is 25.6 Å². The maximum absolute atomic E-state index is 11.9. The third-order valence-corrected chi connectivity index (χ3v) is 4.92. The van der Waals surface area contributed by atoms with Gasteiger partial charge in [0.05, 0.1) is 7.11 Å². The van der Waals surface area contributed by atoms with Gasteiger partial charge in [-0.3, -0.25) is 9.59 Å². The first-order valence-electron chi connectivity index (χ1n) is 5.94. The molecule has 22 heavy (non-hydrogen) atoms. The zero-order chi connectivity index (χ0) is 16.8. The lowest BCUT2D eigenvalue weighted by molar-refractivity contribution is -0.135. The Morgan fingerprint density at radius 1 is 1.23 bits per heavy atom. The number of amides is 1. The van der Waals surface area contributed by atoms with Crippen molar-refractivity contribution in [2.45, 2.75) is 0 Å². The highest BCUT2D eigenvalue weighted by atomic mass is 32.5. The molecule has 0 saturated heterocycles. The van der Waals surface area contributed by atoms with Crippen LogP contribution in [-0.4, -0.2) is 44.9 Å². The number of carboxylic acids is 1. The fourth-order valence-electron chi connectivity index (χ4n) is 1.42. The molecular weight excluding hydrogens is 333 g/mol. The van der Waals surface area contributed by atoms with E-state index in [1.807, 2.05) is 0 Å². The third kappa shape index (κ3) is 4.96. The largest absolute Gasteiger partial charge is 0.493 e. The van der Waals surface area contributed by atoms with Crippen LogP contribution in [0.1, 0.15) is 10.4 Å². The maximum atomic E-state index is 11.9. The van der Waals surface area contributed by atoms with Crippen LogP contribution < -0.4 is 14.6 Å². The van der Waals surface area contributed by atoms with Gasteiger partial charge < -0.3 is 28.7 Å². The van der Waals surface area contributed by atoms with Crippen LogP contribution in [0, 0.1) is 0 Å². The molecule has 1 amide bonds. The summed E-state index contributed by atoms with van der Waals surface area (Å²) in [5.74, 6) is -1.22. The van der Waals surface area contributed by atoms with Crippen molar-refractivity contribution >= 4 is 30.4 Å². The molecule has 2 N–H and O–H groups in total. The molecule has 0 aliphatic carbocycles. The molecule has 0 spiro atoms. The Bertz CT molecular complexity index is 599. The molecule has 0 atom stereocenters. The number of carbonyl (C=O) groups excluding carboxylic acids is 1. The van der Waals surface area contributed by atoms with Gasteiger partial charge in [0, 0.05) is 31.6 Å². The smallest absolute Gasteiger partial charge is 0.380 e. The number of rotatable bonds is 8. The van der Waals surface area contributed by atoms with Crippen molar-refractivity contribution in [2.75, 3.05) is 27.9 Å². The summed E-state index contributed by atoms with van der Waals surface area (Å²) >= 11 is 5.10. The number of hydrogen-bond donors (Lipinski definition) is 2. The lowest BCUT2D eigenvalue weighted by Gasteiger charge is -2.20. The lowest BCUT2D eigenvalue weighted by Crippen LogP contribution is -2.29. The molecule has 0 aromatic heterocycles. The molecule has 0 aliphatic heterocycles. The van der Waals surface area contributed by atoms with E-state index in [4.69, 9.17) is 35.2 Å². The van der Waals surface area contributed by atoms with E-state index in [0.29, 0.717) is 5.75 Å². The number of carboxylic acid groups (broad SMARTS) is 1.